The maximum absolute atomic E-state index is 6.19. The number of aromatic nitrogens is 3. The van der Waals surface area contributed by atoms with Crippen molar-refractivity contribution in [2.45, 2.75) is 37.9 Å². The fourth-order valence-corrected chi connectivity index (χ4v) is 3.84. The first-order chi connectivity index (χ1) is 12.6. The lowest BCUT2D eigenvalue weighted by molar-refractivity contribution is 0.288. The molecule has 0 saturated heterocycles. The van der Waals surface area contributed by atoms with Crippen molar-refractivity contribution in [2.75, 3.05) is 0 Å². The first kappa shape index (κ1) is 19.1. The summed E-state index contributed by atoms with van der Waals surface area (Å²) in [5, 5.41) is 10.8. The van der Waals surface area contributed by atoms with Gasteiger partial charge in [0.2, 0.25) is 0 Å². The average molecular weight is 408 g/mol. The highest BCUT2D eigenvalue weighted by Crippen LogP contribution is 2.27. The number of thioether (sulfide) groups is 1. The third-order valence-corrected chi connectivity index (χ3v) is 5.40. The molecule has 3 aromatic rings. The standard InChI is InChI=1S/C19H19Cl2N3OS/c1-3-24-18(11-25-17-9-13(2)7-8-16(17)21)22-23-19(24)26-12-14-5-4-6-15(20)10-14/h4-10H,3,11-12H2,1-2H3. The van der Waals surface area contributed by atoms with Crippen LogP contribution in [-0.2, 0) is 18.9 Å². The van der Waals surface area contributed by atoms with Crippen LogP contribution in [0.2, 0.25) is 10.0 Å². The third kappa shape index (κ3) is 4.72. The van der Waals surface area contributed by atoms with Crippen LogP contribution in [0.3, 0.4) is 0 Å². The highest BCUT2D eigenvalue weighted by Gasteiger charge is 2.13. The van der Waals surface area contributed by atoms with Crippen molar-refractivity contribution in [3.8, 4) is 5.75 Å². The molecule has 0 radical (unpaired) electrons. The summed E-state index contributed by atoms with van der Waals surface area (Å²) in [5.41, 5.74) is 2.25. The molecule has 0 aliphatic rings. The smallest absolute Gasteiger partial charge is 0.191 e. The summed E-state index contributed by atoms with van der Waals surface area (Å²) < 4.78 is 7.91. The molecule has 0 bridgehead atoms. The highest BCUT2D eigenvalue weighted by molar-refractivity contribution is 7.98. The van der Waals surface area contributed by atoms with Crippen LogP contribution in [0.4, 0.5) is 0 Å². The van der Waals surface area contributed by atoms with Crippen molar-refractivity contribution < 1.29 is 4.74 Å². The maximum Gasteiger partial charge on any atom is 0.191 e. The summed E-state index contributed by atoms with van der Waals surface area (Å²) >= 11 is 13.9. The van der Waals surface area contributed by atoms with Crippen molar-refractivity contribution in [3.05, 3.63) is 69.5 Å². The fourth-order valence-electron chi connectivity index (χ4n) is 2.49. The summed E-state index contributed by atoms with van der Waals surface area (Å²) in [7, 11) is 0. The number of aryl methyl sites for hydroxylation is 1. The van der Waals surface area contributed by atoms with Gasteiger partial charge in [0.1, 0.15) is 12.4 Å². The average Bonchev–Trinajstić information content (AvgIpc) is 3.02. The Morgan fingerprint density at radius 3 is 2.73 bits per heavy atom. The molecule has 1 heterocycles. The molecule has 2 aromatic carbocycles. The van der Waals surface area contributed by atoms with E-state index in [9.17, 15) is 0 Å². The van der Waals surface area contributed by atoms with E-state index in [2.05, 4.69) is 27.8 Å². The Hall–Kier alpha value is -1.69. The number of benzene rings is 2. The van der Waals surface area contributed by atoms with E-state index in [1.807, 2.05) is 43.3 Å². The van der Waals surface area contributed by atoms with E-state index in [1.54, 1.807) is 11.8 Å². The number of hydrogen-bond acceptors (Lipinski definition) is 4. The van der Waals surface area contributed by atoms with E-state index in [4.69, 9.17) is 27.9 Å². The molecule has 4 nitrogen and oxygen atoms in total. The highest BCUT2D eigenvalue weighted by atomic mass is 35.5. The van der Waals surface area contributed by atoms with E-state index in [1.165, 1.54) is 0 Å². The minimum absolute atomic E-state index is 0.321. The summed E-state index contributed by atoms with van der Waals surface area (Å²) in [6.45, 7) is 5.16. The van der Waals surface area contributed by atoms with E-state index in [-0.39, 0.29) is 0 Å². The van der Waals surface area contributed by atoms with E-state index in [0.29, 0.717) is 17.4 Å². The number of halogens is 2. The van der Waals surface area contributed by atoms with Gasteiger partial charge in [-0.2, -0.15) is 0 Å². The van der Waals surface area contributed by atoms with Gasteiger partial charge >= 0.3 is 0 Å². The number of rotatable bonds is 7. The van der Waals surface area contributed by atoms with Crippen LogP contribution in [0.5, 0.6) is 5.75 Å². The molecule has 1 aromatic heterocycles. The zero-order chi connectivity index (χ0) is 18.5. The molecule has 0 amide bonds. The van der Waals surface area contributed by atoms with Crippen LogP contribution in [0.1, 0.15) is 23.9 Å². The van der Waals surface area contributed by atoms with Gasteiger partial charge in [0, 0.05) is 17.3 Å². The SMILES string of the molecule is CCn1c(COc2cc(C)ccc2Cl)nnc1SCc1cccc(Cl)c1. The fraction of sp³-hybridized carbons (Fsp3) is 0.263. The monoisotopic (exact) mass is 407 g/mol. The molecule has 0 aliphatic heterocycles. The molecular weight excluding hydrogens is 389 g/mol. The molecule has 7 heteroatoms. The minimum atomic E-state index is 0.321. The van der Waals surface area contributed by atoms with E-state index in [0.717, 1.165) is 39.4 Å². The summed E-state index contributed by atoms with van der Waals surface area (Å²) in [4.78, 5) is 0. The largest absolute Gasteiger partial charge is 0.484 e. The molecule has 0 unspecified atom stereocenters. The maximum atomic E-state index is 6.19. The lowest BCUT2D eigenvalue weighted by Crippen LogP contribution is -2.07. The molecular formula is C19H19Cl2N3OS. The normalized spacial score (nSPS) is 10.9. The van der Waals surface area contributed by atoms with Crippen LogP contribution in [-0.4, -0.2) is 14.8 Å². The van der Waals surface area contributed by atoms with Gasteiger partial charge in [0.05, 0.1) is 5.02 Å². The second-order valence-electron chi connectivity index (χ2n) is 5.78. The predicted molar refractivity (Wildman–Crippen MR) is 107 cm³/mol. The third-order valence-electron chi connectivity index (χ3n) is 3.81. The van der Waals surface area contributed by atoms with Crippen molar-refractivity contribution in [1.82, 2.24) is 14.8 Å². The Bertz CT molecular complexity index is 898. The Morgan fingerprint density at radius 1 is 1.12 bits per heavy atom. The first-order valence-electron chi connectivity index (χ1n) is 8.25. The Labute approximate surface area is 167 Å². The minimum Gasteiger partial charge on any atom is -0.484 e. The number of hydrogen-bond donors (Lipinski definition) is 0. The molecule has 0 saturated carbocycles. The van der Waals surface area contributed by atoms with Gasteiger partial charge in [-0.1, -0.05) is 53.2 Å². The molecule has 0 N–H and O–H groups in total. The van der Waals surface area contributed by atoms with Crippen LogP contribution < -0.4 is 4.74 Å². The molecule has 0 fully saturated rings. The van der Waals surface area contributed by atoms with Gasteiger partial charge in [0.15, 0.2) is 11.0 Å². The molecule has 0 aliphatic carbocycles. The van der Waals surface area contributed by atoms with Gasteiger partial charge in [-0.05, 0) is 49.2 Å². The van der Waals surface area contributed by atoms with Crippen LogP contribution in [0.25, 0.3) is 0 Å². The van der Waals surface area contributed by atoms with Gasteiger partial charge in [-0.15, -0.1) is 10.2 Å². The first-order valence-corrected chi connectivity index (χ1v) is 9.99. The van der Waals surface area contributed by atoms with Crippen molar-refractivity contribution >= 4 is 35.0 Å². The summed E-state index contributed by atoms with van der Waals surface area (Å²) in [5.74, 6) is 2.22. The summed E-state index contributed by atoms with van der Waals surface area (Å²) in [6, 6.07) is 13.5. The quantitative estimate of drug-likeness (QED) is 0.465. The van der Waals surface area contributed by atoms with Crippen molar-refractivity contribution in [3.63, 3.8) is 0 Å². The Balaban J connectivity index is 1.68. The van der Waals surface area contributed by atoms with Gasteiger partial charge < -0.3 is 9.30 Å². The Kier molecular flexibility index (Phi) is 6.46. The van der Waals surface area contributed by atoms with Gasteiger partial charge in [0.25, 0.3) is 0 Å². The number of nitrogens with zero attached hydrogens (tertiary/aromatic N) is 3. The molecule has 26 heavy (non-hydrogen) atoms. The van der Waals surface area contributed by atoms with Gasteiger partial charge in [-0.25, -0.2) is 0 Å². The number of ether oxygens (including phenoxy) is 1. The lowest BCUT2D eigenvalue weighted by atomic mass is 10.2. The topological polar surface area (TPSA) is 39.9 Å². The zero-order valence-electron chi connectivity index (χ0n) is 14.6. The van der Waals surface area contributed by atoms with Crippen molar-refractivity contribution in [1.29, 1.82) is 0 Å². The van der Waals surface area contributed by atoms with Gasteiger partial charge in [-0.3, -0.25) is 0 Å². The molecule has 0 atom stereocenters. The molecule has 3 rings (SSSR count). The lowest BCUT2D eigenvalue weighted by Gasteiger charge is -2.10. The van der Waals surface area contributed by atoms with E-state index < -0.39 is 0 Å². The van der Waals surface area contributed by atoms with Crippen molar-refractivity contribution in [2.24, 2.45) is 0 Å². The van der Waals surface area contributed by atoms with Crippen LogP contribution in [0.15, 0.2) is 47.6 Å². The molecule has 136 valence electrons. The second kappa shape index (κ2) is 8.80. The predicted octanol–water partition coefficient (Wildman–Crippen LogP) is 5.78. The molecule has 0 spiro atoms. The summed E-state index contributed by atoms with van der Waals surface area (Å²) in [6.07, 6.45) is 0. The van der Waals surface area contributed by atoms with E-state index >= 15 is 0 Å². The zero-order valence-corrected chi connectivity index (χ0v) is 16.9. The van der Waals surface area contributed by atoms with Crippen LogP contribution in [0, 0.1) is 6.92 Å². The Morgan fingerprint density at radius 2 is 1.96 bits per heavy atom. The van der Waals surface area contributed by atoms with Crippen LogP contribution >= 0.6 is 35.0 Å². The second-order valence-corrected chi connectivity index (χ2v) is 7.57.